The Bertz CT molecular complexity index is 1250. The number of pyridine rings is 1. The number of carbonyl (C=O) groups is 2. The third-order valence-electron chi connectivity index (χ3n) is 5.05. The lowest BCUT2D eigenvalue weighted by molar-refractivity contribution is 0.101. The van der Waals surface area contributed by atoms with Gasteiger partial charge in [0.15, 0.2) is 0 Å². The number of carbonyl (C=O) groups excluding carboxylic acids is 2. The minimum absolute atomic E-state index is 0.0306. The molecule has 3 N–H and O–H groups in total. The monoisotopic (exact) mass is 412 g/mol. The molecule has 0 spiro atoms. The Balaban J connectivity index is 1.50. The first-order valence-electron chi connectivity index (χ1n) is 10.1. The Morgan fingerprint density at radius 2 is 1.52 bits per heavy atom. The molecule has 2 aromatic carbocycles. The van der Waals surface area contributed by atoms with Gasteiger partial charge in [-0.2, -0.15) is 0 Å². The molecule has 0 saturated heterocycles. The Morgan fingerprint density at radius 3 is 2.19 bits per heavy atom. The molecule has 2 aromatic heterocycles. The number of hydrogen-bond donors (Lipinski definition) is 3. The highest BCUT2D eigenvalue weighted by Gasteiger charge is 2.16. The van der Waals surface area contributed by atoms with Crippen molar-refractivity contribution in [3.05, 3.63) is 89.9 Å². The van der Waals surface area contributed by atoms with Crippen molar-refractivity contribution in [3.63, 3.8) is 0 Å². The summed E-state index contributed by atoms with van der Waals surface area (Å²) in [5, 5.41) is 6.70. The maximum Gasteiger partial charge on any atom is 0.272 e. The number of amides is 2. The van der Waals surface area contributed by atoms with Crippen molar-refractivity contribution in [2.75, 3.05) is 10.6 Å². The topological polar surface area (TPSA) is 86.9 Å². The molecule has 2 amide bonds. The average molecular weight is 412 g/mol. The molecule has 4 aromatic rings. The summed E-state index contributed by atoms with van der Waals surface area (Å²) in [4.78, 5) is 32.2. The molecule has 0 unspecified atom stereocenters. The molecule has 31 heavy (non-hydrogen) atoms. The lowest BCUT2D eigenvalue weighted by Crippen LogP contribution is -2.14. The highest BCUT2D eigenvalue weighted by molar-refractivity contribution is 6.07. The van der Waals surface area contributed by atoms with Crippen LogP contribution in [0.25, 0.3) is 10.9 Å². The normalized spacial score (nSPS) is 11.3. The van der Waals surface area contributed by atoms with Crippen LogP contribution in [0, 0.1) is 0 Å². The van der Waals surface area contributed by atoms with Gasteiger partial charge >= 0.3 is 0 Å². The third kappa shape index (κ3) is 4.64. The number of rotatable bonds is 4. The van der Waals surface area contributed by atoms with Gasteiger partial charge in [0, 0.05) is 40.2 Å². The summed E-state index contributed by atoms with van der Waals surface area (Å²) < 4.78 is 0. The summed E-state index contributed by atoms with van der Waals surface area (Å²) in [6, 6.07) is 18.4. The summed E-state index contributed by atoms with van der Waals surface area (Å²) in [5.74, 6) is -0.484. The van der Waals surface area contributed by atoms with Crippen LogP contribution in [0.4, 0.5) is 11.4 Å². The maximum atomic E-state index is 12.8. The van der Waals surface area contributed by atoms with Gasteiger partial charge in [-0.05, 0) is 53.4 Å². The van der Waals surface area contributed by atoms with Gasteiger partial charge in [0.25, 0.3) is 11.8 Å². The molecular formula is C25H24N4O2. The van der Waals surface area contributed by atoms with Gasteiger partial charge < -0.3 is 15.6 Å². The molecule has 4 rings (SSSR count). The number of aromatic amines is 1. The van der Waals surface area contributed by atoms with Crippen molar-refractivity contribution in [1.29, 1.82) is 0 Å². The molecular weight excluding hydrogens is 388 g/mol. The van der Waals surface area contributed by atoms with Gasteiger partial charge in [-0.25, -0.2) is 0 Å². The van der Waals surface area contributed by atoms with Crippen molar-refractivity contribution in [2.45, 2.75) is 26.2 Å². The SMILES string of the molecule is CC(C)(C)c1ccc2cc(C(=O)Nc3cccc(NC(=O)c4ccncc4)c3)[nH]c2c1. The lowest BCUT2D eigenvalue weighted by atomic mass is 9.87. The van der Waals surface area contributed by atoms with Gasteiger partial charge in [-0.15, -0.1) is 0 Å². The Kier molecular flexibility index (Phi) is 5.29. The van der Waals surface area contributed by atoms with Crippen LogP contribution in [0.15, 0.2) is 73.1 Å². The third-order valence-corrected chi connectivity index (χ3v) is 5.05. The first kappa shape index (κ1) is 20.3. The minimum atomic E-state index is -0.244. The maximum absolute atomic E-state index is 12.8. The van der Waals surface area contributed by atoms with Crippen molar-refractivity contribution >= 4 is 34.1 Å². The van der Waals surface area contributed by atoms with Crippen molar-refractivity contribution in [2.24, 2.45) is 0 Å². The van der Waals surface area contributed by atoms with E-state index in [0.717, 1.165) is 10.9 Å². The number of anilines is 2. The Hall–Kier alpha value is -3.93. The number of benzene rings is 2. The zero-order valence-electron chi connectivity index (χ0n) is 17.7. The van der Waals surface area contributed by atoms with E-state index >= 15 is 0 Å². The fourth-order valence-electron chi connectivity index (χ4n) is 3.30. The standard InChI is InChI=1S/C25H24N4O2/c1-25(2,3)18-8-7-17-13-22(29-21(17)14-18)24(31)28-20-6-4-5-19(15-20)27-23(30)16-9-11-26-12-10-16/h4-15,29H,1-3H3,(H,27,30)(H,28,31). The number of aromatic nitrogens is 2. The molecule has 6 nitrogen and oxygen atoms in total. The molecule has 0 aliphatic carbocycles. The number of hydrogen-bond acceptors (Lipinski definition) is 3. The molecule has 0 aliphatic rings. The Morgan fingerprint density at radius 1 is 0.839 bits per heavy atom. The summed E-state index contributed by atoms with van der Waals surface area (Å²) in [6.45, 7) is 6.47. The van der Waals surface area contributed by atoms with Gasteiger partial charge in [0.05, 0.1) is 0 Å². The number of nitrogens with one attached hydrogen (secondary N) is 3. The van der Waals surface area contributed by atoms with Crippen molar-refractivity contribution in [1.82, 2.24) is 9.97 Å². The molecule has 0 bridgehead atoms. The van der Waals surface area contributed by atoms with Crippen LogP contribution >= 0.6 is 0 Å². The number of fused-ring (bicyclic) bond motifs is 1. The zero-order valence-corrected chi connectivity index (χ0v) is 17.7. The Labute approximate surface area is 180 Å². The molecule has 0 atom stereocenters. The zero-order chi connectivity index (χ0) is 22.0. The van der Waals surface area contributed by atoms with E-state index in [9.17, 15) is 9.59 Å². The fourth-order valence-corrected chi connectivity index (χ4v) is 3.30. The van der Waals surface area contributed by atoms with Crippen LogP contribution in [0.5, 0.6) is 0 Å². The molecule has 0 aliphatic heterocycles. The highest BCUT2D eigenvalue weighted by Crippen LogP contribution is 2.26. The van der Waals surface area contributed by atoms with E-state index in [0.29, 0.717) is 22.6 Å². The molecule has 0 saturated carbocycles. The number of nitrogens with zero attached hydrogens (tertiary/aromatic N) is 1. The predicted molar refractivity (Wildman–Crippen MR) is 124 cm³/mol. The van der Waals surface area contributed by atoms with Gasteiger partial charge in [-0.1, -0.05) is 39.0 Å². The van der Waals surface area contributed by atoms with E-state index < -0.39 is 0 Å². The number of H-pyrrole nitrogens is 1. The van der Waals surface area contributed by atoms with E-state index in [4.69, 9.17) is 0 Å². The van der Waals surface area contributed by atoms with Crippen LogP contribution in [0.1, 0.15) is 47.2 Å². The quantitative estimate of drug-likeness (QED) is 0.421. The average Bonchev–Trinajstić information content (AvgIpc) is 3.18. The second-order valence-corrected chi connectivity index (χ2v) is 8.46. The fraction of sp³-hybridized carbons (Fsp3) is 0.160. The molecule has 6 heteroatoms. The van der Waals surface area contributed by atoms with Crippen LogP contribution in [0.3, 0.4) is 0 Å². The smallest absolute Gasteiger partial charge is 0.272 e. The van der Waals surface area contributed by atoms with Crippen LogP contribution in [0.2, 0.25) is 0 Å². The first-order valence-corrected chi connectivity index (χ1v) is 10.1. The largest absolute Gasteiger partial charge is 0.351 e. The first-order chi connectivity index (χ1) is 14.8. The van der Waals surface area contributed by atoms with E-state index in [1.54, 1.807) is 48.8 Å². The predicted octanol–water partition coefficient (Wildman–Crippen LogP) is 5.37. The summed E-state index contributed by atoms with van der Waals surface area (Å²) in [6.07, 6.45) is 3.13. The van der Waals surface area contributed by atoms with E-state index in [2.05, 4.69) is 53.5 Å². The molecule has 0 fully saturated rings. The summed E-state index contributed by atoms with van der Waals surface area (Å²) in [5.41, 5.74) is 4.33. The van der Waals surface area contributed by atoms with E-state index in [1.807, 2.05) is 12.1 Å². The second-order valence-electron chi connectivity index (χ2n) is 8.46. The minimum Gasteiger partial charge on any atom is -0.351 e. The van der Waals surface area contributed by atoms with Crippen molar-refractivity contribution < 1.29 is 9.59 Å². The summed E-state index contributed by atoms with van der Waals surface area (Å²) >= 11 is 0. The summed E-state index contributed by atoms with van der Waals surface area (Å²) in [7, 11) is 0. The molecule has 0 radical (unpaired) electrons. The van der Waals surface area contributed by atoms with E-state index in [-0.39, 0.29) is 17.2 Å². The van der Waals surface area contributed by atoms with Gasteiger partial charge in [0.2, 0.25) is 0 Å². The van der Waals surface area contributed by atoms with Crippen LogP contribution in [-0.2, 0) is 5.41 Å². The van der Waals surface area contributed by atoms with Crippen LogP contribution < -0.4 is 10.6 Å². The second kappa shape index (κ2) is 8.07. The van der Waals surface area contributed by atoms with E-state index in [1.165, 1.54) is 5.56 Å². The van der Waals surface area contributed by atoms with Crippen LogP contribution in [-0.4, -0.2) is 21.8 Å². The molecule has 2 heterocycles. The molecule has 156 valence electrons. The van der Waals surface area contributed by atoms with Gasteiger partial charge in [0.1, 0.15) is 5.69 Å². The lowest BCUT2D eigenvalue weighted by Gasteiger charge is -2.18. The highest BCUT2D eigenvalue weighted by atomic mass is 16.2. The van der Waals surface area contributed by atoms with Crippen molar-refractivity contribution in [3.8, 4) is 0 Å². The van der Waals surface area contributed by atoms with Gasteiger partial charge in [-0.3, -0.25) is 14.6 Å².